The van der Waals surface area contributed by atoms with Crippen molar-refractivity contribution < 1.29 is 9.47 Å². The predicted octanol–water partition coefficient (Wildman–Crippen LogP) is 3.28. The van der Waals surface area contributed by atoms with E-state index in [1.165, 1.54) is 6.33 Å². The van der Waals surface area contributed by atoms with E-state index in [9.17, 15) is 0 Å². The van der Waals surface area contributed by atoms with Gasteiger partial charge in [-0.25, -0.2) is 9.97 Å². The second-order valence-corrected chi connectivity index (χ2v) is 4.87. The minimum absolute atomic E-state index is 0.480. The molecular weight excluding hydrogens is 260 g/mol. The molecule has 96 valence electrons. The third-order valence-corrected chi connectivity index (χ3v) is 3.64. The molecule has 0 aliphatic heterocycles. The molecule has 0 aliphatic carbocycles. The molecule has 0 saturated heterocycles. The molecule has 0 spiro atoms. The first-order chi connectivity index (χ1) is 9.36. The summed E-state index contributed by atoms with van der Waals surface area (Å²) in [5.74, 6) is 1.47. The van der Waals surface area contributed by atoms with E-state index in [2.05, 4.69) is 9.97 Å². The van der Waals surface area contributed by atoms with Gasteiger partial charge in [-0.1, -0.05) is 12.1 Å². The molecule has 3 rings (SSSR count). The molecule has 19 heavy (non-hydrogen) atoms. The summed E-state index contributed by atoms with van der Waals surface area (Å²) in [6, 6.07) is 9.75. The highest BCUT2D eigenvalue weighted by molar-refractivity contribution is 7.17. The molecule has 4 nitrogen and oxygen atoms in total. The summed E-state index contributed by atoms with van der Waals surface area (Å²) in [5, 5.41) is 1.99. The molecule has 2 heterocycles. The lowest BCUT2D eigenvalue weighted by molar-refractivity contribution is 0.298. The standard InChI is InChI=1S/C14H12N2O2S/c1-17-11-4-2-10(3-5-11)8-18-14-13-12(6-7-19-13)15-9-16-14/h2-7,9H,8H2,1H3. The Hall–Kier alpha value is -2.14. The van der Waals surface area contributed by atoms with E-state index in [0.717, 1.165) is 21.5 Å². The van der Waals surface area contributed by atoms with Crippen LogP contribution in [0.5, 0.6) is 11.6 Å². The van der Waals surface area contributed by atoms with Crippen LogP contribution in [0.25, 0.3) is 10.2 Å². The number of aromatic nitrogens is 2. The lowest BCUT2D eigenvalue weighted by Crippen LogP contribution is -1.97. The largest absolute Gasteiger partial charge is 0.497 e. The predicted molar refractivity (Wildman–Crippen MR) is 74.7 cm³/mol. The molecule has 0 bridgehead atoms. The quantitative estimate of drug-likeness (QED) is 0.731. The summed E-state index contributed by atoms with van der Waals surface area (Å²) in [4.78, 5) is 8.36. The summed E-state index contributed by atoms with van der Waals surface area (Å²) in [6.07, 6.45) is 1.53. The van der Waals surface area contributed by atoms with Crippen LogP contribution in [0.15, 0.2) is 42.0 Å². The van der Waals surface area contributed by atoms with Crippen LogP contribution in [0.2, 0.25) is 0 Å². The van der Waals surface area contributed by atoms with Crippen LogP contribution in [0, 0.1) is 0 Å². The number of ether oxygens (including phenoxy) is 2. The Morgan fingerprint density at radius 2 is 1.95 bits per heavy atom. The van der Waals surface area contributed by atoms with Crippen LogP contribution in [0.4, 0.5) is 0 Å². The Balaban J connectivity index is 1.76. The smallest absolute Gasteiger partial charge is 0.235 e. The minimum Gasteiger partial charge on any atom is -0.497 e. The van der Waals surface area contributed by atoms with Gasteiger partial charge < -0.3 is 9.47 Å². The van der Waals surface area contributed by atoms with Crippen LogP contribution in [0.1, 0.15) is 5.56 Å². The maximum absolute atomic E-state index is 5.76. The SMILES string of the molecule is COc1ccc(COc2ncnc3ccsc23)cc1. The highest BCUT2D eigenvalue weighted by Gasteiger charge is 2.06. The van der Waals surface area contributed by atoms with Gasteiger partial charge in [0.25, 0.3) is 0 Å². The molecular formula is C14H12N2O2S. The molecule has 0 fully saturated rings. The molecule has 0 saturated carbocycles. The van der Waals surface area contributed by atoms with Crippen molar-refractivity contribution in [3.8, 4) is 11.6 Å². The zero-order valence-electron chi connectivity index (χ0n) is 10.4. The maximum atomic E-state index is 5.76. The highest BCUT2D eigenvalue weighted by atomic mass is 32.1. The van der Waals surface area contributed by atoms with Crippen molar-refractivity contribution in [1.29, 1.82) is 0 Å². The Morgan fingerprint density at radius 3 is 2.74 bits per heavy atom. The fourth-order valence-corrected chi connectivity index (χ4v) is 2.53. The number of methoxy groups -OCH3 is 1. The van der Waals surface area contributed by atoms with Crippen LogP contribution in [0.3, 0.4) is 0 Å². The van der Waals surface area contributed by atoms with Crippen molar-refractivity contribution in [3.63, 3.8) is 0 Å². The van der Waals surface area contributed by atoms with Gasteiger partial charge in [0.1, 0.15) is 23.4 Å². The monoisotopic (exact) mass is 272 g/mol. The normalized spacial score (nSPS) is 10.6. The van der Waals surface area contributed by atoms with Crippen molar-refractivity contribution in [2.45, 2.75) is 6.61 Å². The number of hydrogen-bond donors (Lipinski definition) is 0. The summed E-state index contributed by atoms with van der Waals surface area (Å²) < 4.78 is 11.9. The van der Waals surface area contributed by atoms with E-state index in [1.807, 2.05) is 35.7 Å². The zero-order valence-corrected chi connectivity index (χ0v) is 11.2. The van der Waals surface area contributed by atoms with Gasteiger partial charge >= 0.3 is 0 Å². The number of nitrogens with zero attached hydrogens (tertiary/aromatic N) is 2. The third-order valence-electron chi connectivity index (χ3n) is 2.75. The Kier molecular flexibility index (Phi) is 3.29. The van der Waals surface area contributed by atoms with Crippen molar-refractivity contribution >= 4 is 21.6 Å². The van der Waals surface area contributed by atoms with Gasteiger partial charge in [0, 0.05) is 0 Å². The number of benzene rings is 1. The van der Waals surface area contributed by atoms with Gasteiger partial charge in [-0.3, -0.25) is 0 Å². The fourth-order valence-electron chi connectivity index (χ4n) is 1.74. The first kappa shape index (κ1) is 11.9. The van der Waals surface area contributed by atoms with Crippen molar-refractivity contribution in [2.75, 3.05) is 7.11 Å². The second-order valence-electron chi connectivity index (χ2n) is 3.95. The molecule has 0 atom stereocenters. The van der Waals surface area contributed by atoms with Gasteiger partial charge in [0.15, 0.2) is 0 Å². The Labute approximate surface area is 114 Å². The van der Waals surface area contributed by atoms with E-state index >= 15 is 0 Å². The summed E-state index contributed by atoms with van der Waals surface area (Å²) in [6.45, 7) is 0.480. The molecule has 0 amide bonds. The van der Waals surface area contributed by atoms with E-state index in [1.54, 1.807) is 18.4 Å². The number of fused-ring (bicyclic) bond motifs is 1. The second kappa shape index (κ2) is 5.24. The van der Waals surface area contributed by atoms with Gasteiger partial charge in [-0.15, -0.1) is 11.3 Å². The molecule has 1 aromatic carbocycles. The highest BCUT2D eigenvalue weighted by Crippen LogP contribution is 2.27. The van der Waals surface area contributed by atoms with Gasteiger partial charge in [-0.2, -0.15) is 0 Å². The van der Waals surface area contributed by atoms with Crippen molar-refractivity contribution in [1.82, 2.24) is 9.97 Å². The first-order valence-corrected chi connectivity index (χ1v) is 6.69. The van der Waals surface area contributed by atoms with Crippen molar-refractivity contribution in [2.24, 2.45) is 0 Å². The molecule has 3 aromatic rings. The first-order valence-electron chi connectivity index (χ1n) is 5.81. The minimum atomic E-state index is 0.480. The van der Waals surface area contributed by atoms with E-state index < -0.39 is 0 Å². The summed E-state index contributed by atoms with van der Waals surface area (Å²) in [5.41, 5.74) is 1.99. The topological polar surface area (TPSA) is 44.2 Å². The van der Waals surface area contributed by atoms with Crippen LogP contribution < -0.4 is 9.47 Å². The maximum Gasteiger partial charge on any atom is 0.235 e. The van der Waals surface area contributed by atoms with Crippen LogP contribution in [-0.2, 0) is 6.61 Å². The average Bonchev–Trinajstić information content (AvgIpc) is 2.94. The van der Waals surface area contributed by atoms with E-state index in [-0.39, 0.29) is 0 Å². The number of hydrogen-bond acceptors (Lipinski definition) is 5. The third kappa shape index (κ3) is 2.51. The lowest BCUT2D eigenvalue weighted by Gasteiger charge is -2.06. The molecule has 0 aliphatic rings. The number of rotatable bonds is 4. The summed E-state index contributed by atoms with van der Waals surface area (Å²) >= 11 is 1.59. The molecule has 5 heteroatoms. The molecule has 2 aromatic heterocycles. The average molecular weight is 272 g/mol. The Bertz CT molecular complexity index is 679. The van der Waals surface area contributed by atoms with E-state index in [0.29, 0.717) is 12.5 Å². The fraction of sp³-hybridized carbons (Fsp3) is 0.143. The van der Waals surface area contributed by atoms with E-state index in [4.69, 9.17) is 9.47 Å². The Morgan fingerprint density at radius 1 is 1.11 bits per heavy atom. The molecule has 0 unspecified atom stereocenters. The number of thiophene rings is 1. The summed E-state index contributed by atoms with van der Waals surface area (Å²) in [7, 11) is 1.65. The zero-order chi connectivity index (χ0) is 13.1. The van der Waals surface area contributed by atoms with Crippen LogP contribution >= 0.6 is 11.3 Å². The molecule has 0 radical (unpaired) electrons. The van der Waals surface area contributed by atoms with Crippen molar-refractivity contribution in [3.05, 3.63) is 47.6 Å². The van der Waals surface area contributed by atoms with Crippen LogP contribution in [-0.4, -0.2) is 17.1 Å². The van der Waals surface area contributed by atoms with Gasteiger partial charge in [0.2, 0.25) is 5.88 Å². The molecule has 0 N–H and O–H groups in total. The van der Waals surface area contributed by atoms with Gasteiger partial charge in [-0.05, 0) is 29.1 Å². The lowest BCUT2D eigenvalue weighted by atomic mass is 10.2. The van der Waals surface area contributed by atoms with Gasteiger partial charge in [0.05, 0.1) is 12.6 Å².